The average molecular weight is 320 g/mol. The van der Waals surface area contributed by atoms with Gasteiger partial charge in [0.1, 0.15) is 17.3 Å². The largest absolute Gasteiger partial charge is 0.497 e. The second-order valence-electron chi connectivity index (χ2n) is 5.61. The number of oxazole rings is 1. The van der Waals surface area contributed by atoms with Gasteiger partial charge in [-0.05, 0) is 25.5 Å². The summed E-state index contributed by atoms with van der Waals surface area (Å²) < 4.78 is 30.3. The SMILES string of the molecule is COc1ccc(-c2nc(CN3CCCOCC3)c(C)o2)c(F)c1. The molecule has 0 radical (unpaired) electrons. The minimum absolute atomic E-state index is 0.309. The van der Waals surface area contributed by atoms with Crippen LogP contribution in [0.4, 0.5) is 4.39 Å². The number of hydrogen-bond acceptors (Lipinski definition) is 5. The van der Waals surface area contributed by atoms with Crippen molar-refractivity contribution in [3.05, 3.63) is 35.5 Å². The summed E-state index contributed by atoms with van der Waals surface area (Å²) in [5, 5.41) is 0. The minimum atomic E-state index is -0.402. The summed E-state index contributed by atoms with van der Waals surface area (Å²) in [5.41, 5.74) is 1.19. The number of nitrogens with zero attached hydrogens (tertiary/aromatic N) is 2. The normalized spacial score (nSPS) is 16.3. The molecule has 0 spiro atoms. The van der Waals surface area contributed by atoms with Gasteiger partial charge in [0.15, 0.2) is 0 Å². The number of ether oxygens (including phenoxy) is 2. The third kappa shape index (κ3) is 3.71. The fraction of sp³-hybridized carbons (Fsp3) is 0.471. The summed E-state index contributed by atoms with van der Waals surface area (Å²) in [7, 11) is 1.51. The fourth-order valence-electron chi connectivity index (χ4n) is 2.65. The Kier molecular flexibility index (Phi) is 4.93. The quantitative estimate of drug-likeness (QED) is 0.866. The van der Waals surface area contributed by atoms with Crippen molar-refractivity contribution in [1.82, 2.24) is 9.88 Å². The lowest BCUT2D eigenvalue weighted by atomic mass is 10.2. The molecule has 1 saturated heterocycles. The number of aromatic nitrogens is 1. The first-order chi connectivity index (χ1) is 11.2. The van der Waals surface area contributed by atoms with Crippen molar-refractivity contribution < 1.29 is 18.3 Å². The predicted molar refractivity (Wildman–Crippen MR) is 83.9 cm³/mol. The van der Waals surface area contributed by atoms with Crippen molar-refractivity contribution in [3.63, 3.8) is 0 Å². The molecule has 1 aromatic carbocycles. The zero-order valence-corrected chi connectivity index (χ0v) is 13.5. The molecule has 6 heteroatoms. The van der Waals surface area contributed by atoms with Crippen LogP contribution in [0.25, 0.3) is 11.5 Å². The zero-order valence-electron chi connectivity index (χ0n) is 13.5. The van der Waals surface area contributed by atoms with Gasteiger partial charge in [0, 0.05) is 32.3 Å². The van der Waals surface area contributed by atoms with Crippen LogP contribution >= 0.6 is 0 Å². The van der Waals surface area contributed by atoms with Crippen LogP contribution in [0, 0.1) is 12.7 Å². The Morgan fingerprint density at radius 1 is 1.30 bits per heavy atom. The molecule has 1 aliphatic rings. The summed E-state index contributed by atoms with van der Waals surface area (Å²) in [5.74, 6) is 1.10. The highest BCUT2D eigenvalue weighted by Crippen LogP contribution is 2.27. The van der Waals surface area contributed by atoms with Crippen molar-refractivity contribution in [2.24, 2.45) is 0 Å². The molecule has 23 heavy (non-hydrogen) atoms. The second kappa shape index (κ2) is 7.10. The van der Waals surface area contributed by atoms with Gasteiger partial charge in [0.2, 0.25) is 5.89 Å². The van der Waals surface area contributed by atoms with Gasteiger partial charge in [-0.2, -0.15) is 0 Å². The van der Waals surface area contributed by atoms with E-state index in [4.69, 9.17) is 13.9 Å². The summed E-state index contributed by atoms with van der Waals surface area (Å²) >= 11 is 0. The van der Waals surface area contributed by atoms with Crippen LogP contribution in [0.1, 0.15) is 17.9 Å². The van der Waals surface area contributed by atoms with Crippen molar-refractivity contribution in [2.75, 3.05) is 33.4 Å². The van der Waals surface area contributed by atoms with Crippen LogP contribution in [0.2, 0.25) is 0 Å². The monoisotopic (exact) mass is 320 g/mol. The molecule has 2 heterocycles. The van der Waals surface area contributed by atoms with E-state index in [0.717, 1.165) is 44.2 Å². The molecule has 124 valence electrons. The maximum Gasteiger partial charge on any atom is 0.229 e. The molecule has 0 amide bonds. The van der Waals surface area contributed by atoms with E-state index in [-0.39, 0.29) is 0 Å². The Balaban J connectivity index is 1.80. The second-order valence-corrected chi connectivity index (χ2v) is 5.61. The van der Waals surface area contributed by atoms with Gasteiger partial charge in [-0.25, -0.2) is 9.37 Å². The van der Waals surface area contributed by atoms with Gasteiger partial charge in [-0.3, -0.25) is 4.90 Å². The molecule has 1 aromatic heterocycles. The van der Waals surface area contributed by atoms with Crippen molar-refractivity contribution in [3.8, 4) is 17.2 Å². The Morgan fingerprint density at radius 3 is 2.96 bits per heavy atom. The Hall–Kier alpha value is -1.92. The molecule has 5 nitrogen and oxygen atoms in total. The van der Waals surface area contributed by atoms with E-state index in [2.05, 4.69) is 9.88 Å². The molecule has 0 atom stereocenters. The van der Waals surface area contributed by atoms with E-state index in [0.29, 0.717) is 23.7 Å². The summed E-state index contributed by atoms with van der Waals surface area (Å²) in [6.07, 6.45) is 1.01. The molecule has 0 N–H and O–H groups in total. The maximum atomic E-state index is 14.2. The Morgan fingerprint density at radius 2 is 2.17 bits per heavy atom. The van der Waals surface area contributed by atoms with Gasteiger partial charge in [0.05, 0.1) is 25.0 Å². The lowest BCUT2D eigenvalue weighted by Gasteiger charge is -2.17. The summed E-state index contributed by atoms with van der Waals surface area (Å²) in [6.45, 7) is 5.93. The predicted octanol–water partition coefficient (Wildman–Crippen LogP) is 3.02. The standard InChI is InChI=1S/C17H21FN2O3/c1-12-16(11-20-6-3-8-22-9-7-20)19-17(23-12)14-5-4-13(21-2)10-15(14)18/h4-5,10H,3,6-9,11H2,1-2H3. The average Bonchev–Trinajstić information content (AvgIpc) is 2.75. The van der Waals surface area contributed by atoms with Gasteiger partial charge >= 0.3 is 0 Å². The summed E-state index contributed by atoms with van der Waals surface area (Å²) in [6, 6.07) is 4.66. The number of hydrogen-bond donors (Lipinski definition) is 0. The van der Waals surface area contributed by atoms with Crippen LogP contribution in [-0.2, 0) is 11.3 Å². The van der Waals surface area contributed by atoms with Gasteiger partial charge in [-0.1, -0.05) is 0 Å². The molecule has 1 aliphatic heterocycles. The van der Waals surface area contributed by atoms with E-state index < -0.39 is 5.82 Å². The number of benzene rings is 1. The van der Waals surface area contributed by atoms with Crippen molar-refractivity contribution in [2.45, 2.75) is 19.9 Å². The third-order valence-corrected chi connectivity index (χ3v) is 3.99. The number of halogens is 1. The topological polar surface area (TPSA) is 47.7 Å². The van der Waals surface area contributed by atoms with Crippen LogP contribution in [0.3, 0.4) is 0 Å². The summed E-state index contributed by atoms with van der Waals surface area (Å²) in [4.78, 5) is 6.77. The molecule has 1 fully saturated rings. The zero-order chi connectivity index (χ0) is 16.2. The van der Waals surface area contributed by atoms with Crippen LogP contribution in [0.5, 0.6) is 5.75 Å². The van der Waals surface area contributed by atoms with Crippen LogP contribution in [-0.4, -0.2) is 43.3 Å². The molecule has 0 unspecified atom stereocenters. The third-order valence-electron chi connectivity index (χ3n) is 3.99. The van der Waals surface area contributed by atoms with E-state index in [1.54, 1.807) is 12.1 Å². The first-order valence-electron chi connectivity index (χ1n) is 7.77. The van der Waals surface area contributed by atoms with Crippen LogP contribution < -0.4 is 4.74 Å². The lowest BCUT2D eigenvalue weighted by molar-refractivity contribution is 0.140. The van der Waals surface area contributed by atoms with E-state index in [9.17, 15) is 4.39 Å². The lowest BCUT2D eigenvalue weighted by Crippen LogP contribution is -2.26. The van der Waals surface area contributed by atoms with E-state index >= 15 is 0 Å². The fourth-order valence-corrected chi connectivity index (χ4v) is 2.65. The van der Waals surface area contributed by atoms with Gasteiger partial charge < -0.3 is 13.9 Å². The highest BCUT2D eigenvalue weighted by Gasteiger charge is 2.18. The van der Waals surface area contributed by atoms with Gasteiger partial charge in [0.25, 0.3) is 0 Å². The van der Waals surface area contributed by atoms with E-state index in [1.165, 1.54) is 13.2 Å². The highest BCUT2D eigenvalue weighted by molar-refractivity contribution is 5.56. The molecule has 0 saturated carbocycles. The molecule has 3 rings (SSSR count). The van der Waals surface area contributed by atoms with Crippen LogP contribution in [0.15, 0.2) is 22.6 Å². The molecule has 0 bridgehead atoms. The molecular weight excluding hydrogens is 299 g/mol. The first-order valence-corrected chi connectivity index (χ1v) is 7.77. The Bertz CT molecular complexity index is 664. The molecular formula is C17H21FN2O3. The molecule has 2 aromatic rings. The number of methoxy groups -OCH3 is 1. The number of aryl methyl sites for hydroxylation is 1. The highest BCUT2D eigenvalue weighted by atomic mass is 19.1. The van der Waals surface area contributed by atoms with Crippen molar-refractivity contribution >= 4 is 0 Å². The maximum absolute atomic E-state index is 14.2. The minimum Gasteiger partial charge on any atom is -0.497 e. The van der Waals surface area contributed by atoms with Crippen molar-refractivity contribution in [1.29, 1.82) is 0 Å². The van der Waals surface area contributed by atoms with Gasteiger partial charge in [-0.15, -0.1) is 0 Å². The first kappa shape index (κ1) is 16.0. The van der Waals surface area contributed by atoms with E-state index in [1.807, 2.05) is 6.92 Å². The Labute approximate surface area is 135 Å². The smallest absolute Gasteiger partial charge is 0.229 e. The molecule has 0 aliphatic carbocycles. The number of rotatable bonds is 4.